The van der Waals surface area contributed by atoms with Crippen LogP contribution in [-0.4, -0.2) is 33.2 Å². The number of aryl methyl sites for hydroxylation is 2. The lowest BCUT2D eigenvalue weighted by Gasteiger charge is -2.25. The quantitative estimate of drug-likeness (QED) is 0.514. The standard InChI is InChI=1S/C17H26N4O2S/c18-17(21-16-8-7-14-5-2-6-15(14)11-16)19-9-10-24(22,23)20-12-13-3-1-4-13/h7-8,11,13,20H,1-6,9-10,12H2,(H3,18,19,21). The minimum Gasteiger partial charge on any atom is -0.370 e. The summed E-state index contributed by atoms with van der Waals surface area (Å²) in [5.41, 5.74) is 9.52. The van der Waals surface area contributed by atoms with Crippen LogP contribution in [0.5, 0.6) is 0 Å². The first kappa shape index (κ1) is 17.2. The number of anilines is 1. The highest BCUT2D eigenvalue weighted by Crippen LogP contribution is 2.25. The van der Waals surface area contributed by atoms with Crippen LogP contribution >= 0.6 is 0 Å². The van der Waals surface area contributed by atoms with Crippen LogP contribution in [0.15, 0.2) is 23.2 Å². The number of fused-ring (bicyclic) bond motifs is 1. The number of guanidine groups is 1. The summed E-state index contributed by atoms with van der Waals surface area (Å²) in [6.45, 7) is 0.707. The Balaban J connectivity index is 1.45. The largest absolute Gasteiger partial charge is 0.370 e. The van der Waals surface area contributed by atoms with E-state index in [1.54, 1.807) is 0 Å². The van der Waals surface area contributed by atoms with Gasteiger partial charge in [-0.3, -0.25) is 4.99 Å². The molecule has 0 amide bonds. The average Bonchev–Trinajstić information content (AvgIpc) is 2.92. The van der Waals surface area contributed by atoms with Crippen molar-refractivity contribution in [1.29, 1.82) is 0 Å². The Hall–Kier alpha value is -1.60. The highest BCUT2D eigenvalue weighted by atomic mass is 32.2. The fourth-order valence-corrected chi connectivity index (χ4v) is 4.10. The summed E-state index contributed by atoms with van der Waals surface area (Å²) < 4.78 is 26.5. The molecule has 1 fully saturated rings. The summed E-state index contributed by atoms with van der Waals surface area (Å²) in [4.78, 5) is 4.12. The number of aliphatic imine (C=N–C) groups is 1. The number of nitrogens with one attached hydrogen (secondary N) is 2. The van der Waals surface area contributed by atoms with E-state index in [4.69, 9.17) is 5.73 Å². The van der Waals surface area contributed by atoms with Crippen molar-refractivity contribution in [3.8, 4) is 0 Å². The van der Waals surface area contributed by atoms with E-state index in [1.165, 1.54) is 24.0 Å². The van der Waals surface area contributed by atoms with Gasteiger partial charge in [0.15, 0.2) is 5.96 Å². The molecule has 132 valence electrons. The van der Waals surface area contributed by atoms with E-state index in [2.05, 4.69) is 27.2 Å². The molecule has 0 radical (unpaired) electrons. The molecule has 0 aromatic heterocycles. The Morgan fingerprint density at radius 2 is 2.00 bits per heavy atom. The van der Waals surface area contributed by atoms with Gasteiger partial charge in [-0.1, -0.05) is 12.5 Å². The van der Waals surface area contributed by atoms with Crippen LogP contribution in [0, 0.1) is 5.92 Å². The predicted octanol–water partition coefficient (Wildman–Crippen LogP) is 1.62. The highest BCUT2D eigenvalue weighted by Gasteiger charge is 2.19. The second-order valence-corrected chi connectivity index (χ2v) is 8.62. The Morgan fingerprint density at radius 1 is 1.21 bits per heavy atom. The summed E-state index contributed by atoms with van der Waals surface area (Å²) in [7, 11) is -3.27. The molecule has 2 aliphatic rings. The first-order chi connectivity index (χ1) is 11.5. The molecule has 7 heteroatoms. The third-order valence-corrected chi connectivity index (χ3v) is 6.16. The number of nitrogens with zero attached hydrogens (tertiary/aromatic N) is 1. The molecular weight excluding hydrogens is 324 g/mol. The normalized spacial score (nSPS) is 18.2. The lowest BCUT2D eigenvalue weighted by atomic mass is 9.86. The molecule has 1 aromatic carbocycles. The fourth-order valence-electron chi connectivity index (χ4n) is 3.14. The molecule has 0 heterocycles. The molecule has 24 heavy (non-hydrogen) atoms. The predicted molar refractivity (Wildman–Crippen MR) is 97.7 cm³/mol. The van der Waals surface area contributed by atoms with Crippen molar-refractivity contribution in [3.63, 3.8) is 0 Å². The van der Waals surface area contributed by atoms with Crippen LogP contribution in [0.4, 0.5) is 5.69 Å². The zero-order valence-corrected chi connectivity index (χ0v) is 14.7. The molecule has 0 spiro atoms. The average molecular weight is 350 g/mol. The second-order valence-electron chi connectivity index (χ2n) is 6.69. The second kappa shape index (κ2) is 7.53. The van der Waals surface area contributed by atoms with Gasteiger partial charge in [-0.15, -0.1) is 0 Å². The molecule has 0 unspecified atom stereocenters. The maximum Gasteiger partial charge on any atom is 0.213 e. The topological polar surface area (TPSA) is 96.6 Å². The van der Waals surface area contributed by atoms with Gasteiger partial charge in [-0.2, -0.15) is 0 Å². The van der Waals surface area contributed by atoms with Gasteiger partial charge in [0.25, 0.3) is 0 Å². The highest BCUT2D eigenvalue weighted by molar-refractivity contribution is 7.89. The molecule has 3 rings (SSSR count). The van der Waals surface area contributed by atoms with Gasteiger partial charge in [-0.25, -0.2) is 13.1 Å². The van der Waals surface area contributed by atoms with Crippen molar-refractivity contribution >= 4 is 21.7 Å². The van der Waals surface area contributed by atoms with Crippen LogP contribution in [0.1, 0.15) is 36.8 Å². The molecule has 0 aliphatic heterocycles. The fraction of sp³-hybridized carbons (Fsp3) is 0.588. The first-order valence-corrected chi connectivity index (χ1v) is 10.3. The lowest BCUT2D eigenvalue weighted by molar-refractivity contribution is 0.316. The van der Waals surface area contributed by atoms with E-state index >= 15 is 0 Å². The smallest absolute Gasteiger partial charge is 0.213 e. The molecule has 2 aliphatic carbocycles. The number of hydrogen-bond acceptors (Lipinski definition) is 3. The monoisotopic (exact) mass is 350 g/mol. The lowest BCUT2D eigenvalue weighted by Crippen LogP contribution is -2.34. The van der Waals surface area contributed by atoms with Crippen molar-refractivity contribution < 1.29 is 8.42 Å². The summed E-state index contributed by atoms with van der Waals surface area (Å²) in [6.07, 6.45) is 6.91. The Bertz CT molecular complexity index is 711. The molecule has 4 N–H and O–H groups in total. The zero-order chi connectivity index (χ0) is 17.0. The Labute approximate surface area is 144 Å². The van der Waals surface area contributed by atoms with Crippen LogP contribution in [0.2, 0.25) is 0 Å². The van der Waals surface area contributed by atoms with Crippen LogP contribution < -0.4 is 15.8 Å². The van der Waals surface area contributed by atoms with Crippen molar-refractivity contribution in [2.24, 2.45) is 16.6 Å². The third kappa shape index (κ3) is 4.70. The van der Waals surface area contributed by atoms with E-state index in [0.717, 1.165) is 31.4 Å². The zero-order valence-electron chi connectivity index (χ0n) is 13.9. The molecule has 0 atom stereocenters. The molecular formula is C17H26N4O2S. The SMILES string of the molecule is NC(=NCCS(=O)(=O)NCC1CCC1)Nc1ccc2c(c1)CCC2. The molecule has 0 saturated heterocycles. The third-order valence-electron chi connectivity index (χ3n) is 4.83. The minimum atomic E-state index is -3.27. The van der Waals surface area contributed by atoms with Crippen molar-refractivity contribution in [1.82, 2.24) is 4.72 Å². The van der Waals surface area contributed by atoms with Crippen LogP contribution in [-0.2, 0) is 22.9 Å². The Kier molecular flexibility index (Phi) is 5.40. The summed E-state index contributed by atoms with van der Waals surface area (Å²) in [5, 5.41) is 3.04. The van der Waals surface area contributed by atoms with Crippen molar-refractivity contribution in [3.05, 3.63) is 29.3 Å². The summed E-state index contributed by atoms with van der Waals surface area (Å²) >= 11 is 0. The van der Waals surface area contributed by atoms with Gasteiger partial charge >= 0.3 is 0 Å². The number of benzene rings is 1. The van der Waals surface area contributed by atoms with Gasteiger partial charge in [0.2, 0.25) is 10.0 Å². The summed E-state index contributed by atoms with van der Waals surface area (Å²) in [6, 6.07) is 6.21. The van der Waals surface area contributed by atoms with Gasteiger partial charge in [-0.05, 0) is 61.3 Å². The molecule has 1 saturated carbocycles. The molecule has 1 aromatic rings. The van der Waals surface area contributed by atoms with Gasteiger partial charge in [0, 0.05) is 12.2 Å². The van der Waals surface area contributed by atoms with Gasteiger partial charge in [0.1, 0.15) is 0 Å². The summed E-state index contributed by atoms with van der Waals surface area (Å²) in [5.74, 6) is 0.726. The Morgan fingerprint density at radius 3 is 2.75 bits per heavy atom. The van der Waals surface area contributed by atoms with E-state index in [9.17, 15) is 8.42 Å². The van der Waals surface area contributed by atoms with Crippen LogP contribution in [0.25, 0.3) is 0 Å². The van der Waals surface area contributed by atoms with E-state index in [0.29, 0.717) is 12.5 Å². The van der Waals surface area contributed by atoms with Crippen LogP contribution in [0.3, 0.4) is 0 Å². The van der Waals surface area contributed by atoms with Crippen molar-refractivity contribution in [2.45, 2.75) is 38.5 Å². The number of hydrogen-bond donors (Lipinski definition) is 3. The van der Waals surface area contributed by atoms with E-state index in [-0.39, 0.29) is 18.3 Å². The maximum atomic E-state index is 11.9. The number of nitrogens with two attached hydrogens (primary N) is 1. The van der Waals surface area contributed by atoms with Crippen molar-refractivity contribution in [2.75, 3.05) is 24.2 Å². The van der Waals surface area contributed by atoms with E-state index < -0.39 is 10.0 Å². The van der Waals surface area contributed by atoms with Gasteiger partial charge in [0.05, 0.1) is 12.3 Å². The maximum absolute atomic E-state index is 11.9. The molecule has 6 nitrogen and oxygen atoms in total. The number of rotatable bonds is 7. The molecule has 0 bridgehead atoms. The van der Waals surface area contributed by atoms with Gasteiger partial charge < -0.3 is 11.1 Å². The number of sulfonamides is 1. The minimum absolute atomic E-state index is 0.0354. The first-order valence-electron chi connectivity index (χ1n) is 8.68. The van der Waals surface area contributed by atoms with E-state index in [1.807, 2.05) is 6.07 Å².